The number of hydrogen-bond donors (Lipinski definition) is 1. The molecule has 3 aromatic rings. The molecule has 0 saturated carbocycles. The summed E-state index contributed by atoms with van der Waals surface area (Å²) >= 11 is 7.66. The van der Waals surface area contributed by atoms with E-state index in [1.54, 1.807) is 11.3 Å². The molecule has 1 aromatic carbocycles. The predicted octanol–water partition coefficient (Wildman–Crippen LogP) is 4.39. The lowest BCUT2D eigenvalue weighted by molar-refractivity contribution is -0.126. The van der Waals surface area contributed by atoms with Crippen LogP contribution in [0.2, 0.25) is 5.02 Å². The van der Waals surface area contributed by atoms with Crippen LogP contribution in [-0.4, -0.2) is 40.9 Å². The molecule has 4 rings (SSSR count). The van der Waals surface area contributed by atoms with E-state index in [0.29, 0.717) is 49.7 Å². The first-order valence-corrected chi connectivity index (χ1v) is 11.2. The van der Waals surface area contributed by atoms with E-state index in [2.05, 4.69) is 21.3 Å². The van der Waals surface area contributed by atoms with E-state index < -0.39 is 0 Å². The van der Waals surface area contributed by atoms with E-state index in [4.69, 9.17) is 11.6 Å². The molecule has 1 aliphatic heterocycles. The number of fused-ring (bicyclic) bond motifs is 1. The maximum Gasteiger partial charge on any atom is 0.270 e. The Morgan fingerprint density at radius 3 is 2.59 bits per heavy atom. The summed E-state index contributed by atoms with van der Waals surface area (Å²) in [5.41, 5.74) is 1.81. The van der Waals surface area contributed by atoms with E-state index in [9.17, 15) is 9.59 Å². The lowest BCUT2D eigenvalue weighted by Crippen LogP contribution is -2.43. The smallest absolute Gasteiger partial charge is 0.270 e. The van der Waals surface area contributed by atoms with Crippen LogP contribution in [0.4, 0.5) is 0 Å². The molecule has 152 valence electrons. The SMILES string of the molecule is CCNC(=O)C1CCN(C(=O)c2cc3ccsc3n2Cc2ccc(Cl)cc2)CC1. The Hall–Kier alpha value is -2.31. The van der Waals surface area contributed by atoms with Crippen molar-refractivity contribution >= 4 is 45.0 Å². The van der Waals surface area contributed by atoms with Crippen molar-refractivity contribution in [2.45, 2.75) is 26.3 Å². The fourth-order valence-electron chi connectivity index (χ4n) is 3.91. The maximum absolute atomic E-state index is 13.3. The average Bonchev–Trinajstić information content (AvgIpc) is 3.32. The van der Waals surface area contributed by atoms with E-state index in [0.717, 1.165) is 15.8 Å². The van der Waals surface area contributed by atoms with E-state index in [1.165, 1.54) is 0 Å². The Labute approximate surface area is 179 Å². The molecule has 0 bridgehead atoms. The first-order valence-electron chi connectivity index (χ1n) is 9.95. The van der Waals surface area contributed by atoms with Crippen LogP contribution in [0.3, 0.4) is 0 Å². The van der Waals surface area contributed by atoms with Crippen molar-refractivity contribution in [3.05, 3.63) is 58.1 Å². The van der Waals surface area contributed by atoms with Crippen LogP contribution in [0.25, 0.3) is 10.2 Å². The molecule has 29 heavy (non-hydrogen) atoms. The van der Waals surface area contributed by atoms with Gasteiger partial charge in [0.15, 0.2) is 0 Å². The van der Waals surface area contributed by atoms with Crippen molar-refractivity contribution in [3.63, 3.8) is 0 Å². The third-order valence-corrected chi connectivity index (χ3v) is 6.68. The van der Waals surface area contributed by atoms with Crippen LogP contribution in [0.15, 0.2) is 41.8 Å². The molecule has 2 amide bonds. The minimum atomic E-state index is 0.00310. The second-order valence-corrected chi connectivity index (χ2v) is 8.72. The zero-order valence-electron chi connectivity index (χ0n) is 16.4. The molecular weight excluding hydrogens is 406 g/mol. The van der Waals surface area contributed by atoms with Crippen LogP contribution < -0.4 is 5.32 Å². The molecule has 1 saturated heterocycles. The molecule has 1 aliphatic rings. The van der Waals surface area contributed by atoms with Crippen LogP contribution in [0, 0.1) is 5.92 Å². The van der Waals surface area contributed by atoms with Crippen LogP contribution >= 0.6 is 22.9 Å². The second-order valence-electron chi connectivity index (χ2n) is 7.38. The molecule has 0 spiro atoms. The molecule has 1 N–H and O–H groups in total. The summed E-state index contributed by atoms with van der Waals surface area (Å²) in [6.45, 7) is 4.42. The lowest BCUT2D eigenvalue weighted by atomic mass is 9.95. The summed E-state index contributed by atoms with van der Waals surface area (Å²) in [7, 11) is 0. The fourth-order valence-corrected chi connectivity index (χ4v) is 4.93. The number of carbonyl (C=O) groups excluding carboxylic acids is 2. The lowest BCUT2D eigenvalue weighted by Gasteiger charge is -2.31. The van der Waals surface area contributed by atoms with Gasteiger partial charge in [-0.2, -0.15) is 0 Å². The highest BCUT2D eigenvalue weighted by Gasteiger charge is 2.29. The maximum atomic E-state index is 13.3. The Balaban J connectivity index is 1.54. The molecule has 2 aromatic heterocycles. The van der Waals surface area contributed by atoms with Gasteiger partial charge in [-0.05, 0) is 55.0 Å². The third kappa shape index (κ3) is 4.19. The number of benzene rings is 1. The minimum Gasteiger partial charge on any atom is -0.356 e. The van der Waals surface area contributed by atoms with Gasteiger partial charge in [-0.1, -0.05) is 23.7 Å². The van der Waals surface area contributed by atoms with Gasteiger partial charge in [0.25, 0.3) is 5.91 Å². The van der Waals surface area contributed by atoms with E-state index >= 15 is 0 Å². The van der Waals surface area contributed by atoms with Gasteiger partial charge in [0.1, 0.15) is 10.5 Å². The van der Waals surface area contributed by atoms with Crippen molar-refractivity contribution in [1.29, 1.82) is 0 Å². The summed E-state index contributed by atoms with van der Waals surface area (Å²) in [5.74, 6) is 0.145. The first kappa shape index (κ1) is 20.0. The number of rotatable bonds is 5. The zero-order chi connectivity index (χ0) is 20.4. The van der Waals surface area contributed by atoms with Crippen LogP contribution in [-0.2, 0) is 11.3 Å². The summed E-state index contributed by atoms with van der Waals surface area (Å²) in [6.07, 6.45) is 1.42. The number of amides is 2. The average molecular weight is 430 g/mol. The number of aromatic nitrogens is 1. The van der Waals surface area contributed by atoms with Gasteiger partial charge in [0.2, 0.25) is 5.91 Å². The molecule has 7 heteroatoms. The molecular formula is C22H24ClN3O2S. The molecule has 3 heterocycles. The van der Waals surface area contributed by atoms with Crippen molar-refractivity contribution in [1.82, 2.24) is 14.8 Å². The summed E-state index contributed by atoms with van der Waals surface area (Å²) < 4.78 is 2.10. The van der Waals surface area contributed by atoms with Crippen molar-refractivity contribution < 1.29 is 9.59 Å². The molecule has 0 aliphatic carbocycles. The van der Waals surface area contributed by atoms with Crippen molar-refractivity contribution in [2.75, 3.05) is 19.6 Å². The summed E-state index contributed by atoms with van der Waals surface area (Å²) in [4.78, 5) is 28.4. The molecule has 1 fully saturated rings. The van der Waals surface area contributed by atoms with Crippen LogP contribution in [0.1, 0.15) is 35.8 Å². The topological polar surface area (TPSA) is 54.3 Å². The quantitative estimate of drug-likeness (QED) is 0.653. The van der Waals surface area contributed by atoms with Crippen molar-refractivity contribution in [2.24, 2.45) is 5.92 Å². The first-order chi connectivity index (χ1) is 14.1. The Bertz CT molecular complexity index is 1020. The summed E-state index contributed by atoms with van der Waals surface area (Å²) in [6, 6.07) is 11.8. The number of halogens is 1. The minimum absolute atomic E-state index is 0.00310. The van der Waals surface area contributed by atoms with Crippen LogP contribution in [0.5, 0.6) is 0 Å². The van der Waals surface area contributed by atoms with E-state index in [1.807, 2.05) is 42.2 Å². The highest BCUT2D eigenvalue weighted by molar-refractivity contribution is 7.16. The number of likely N-dealkylation sites (tertiary alicyclic amines) is 1. The Morgan fingerprint density at radius 2 is 1.90 bits per heavy atom. The van der Waals surface area contributed by atoms with Gasteiger partial charge >= 0.3 is 0 Å². The standard InChI is InChI=1S/C22H24ClN3O2S/c1-2-24-20(27)16-7-10-25(11-8-16)21(28)19-13-17-9-12-29-22(17)26(19)14-15-3-5-18(23)6-4-15/h3-6,9,12-13,16H,2,7-8,10-11,14H2,1H3,(H,24,27). The number of carbonyl (C=O) groups is 2. The number of thiophene rings is 1. The molecule has 0 radical (unpaired) electrons. The van der Waals surface area contributed by atoms with Crippen molar-refractivity contribution in [3.8, 4) is 0 Å². The highest BCUT2D eigenvalue weighted by Crippen LogP contribution is 2.28. The molecule has 0 unspecified atom stereocenters. The third-order valence-electron chi connectivity index (χ3n) is 5.48. The van der Waals surface area contributed by atoms with E-state index in [-0.39, 0.29) is 17.7 Å². The summed E-state index contributed by atoms with van der Waals surface area (Å²) in [5, 5.41) is 6.73. The van der Waals surface area contributed by atoms with Gasteiger partial charge in [0, 0.05) is 42.5 Å². The van der Waals surface area contributed by atoms with Gasteiger partial charge in [-0.15, -0.1) is 11.3 Å². The normalized spacial score (nSPS) is 15.0. The zero-order valence-corrected chi connectivity index (χ0v) is 17.9. The highest BCUT2D eigenvalue weighted by atomic mass is 35.5. The van der Waals surface area contributed by atoms with Gasteiger partial charge in [-0.3, -0.25) is 9.59 Å². The van der Waals surface area contributed by atoms with Gasteiger partial charge in [-0.25, -0.2) is 0 Å². The van der Waals surface area contributed by atoms with Gasteiger partial charge in [0.05, 0.1) is 0 Å². The fraction of sp³-hybridized carbons (Fsp3) is 0.364. The number of piperidine rings is 1. The number of nitrogens with zero attached hydrogens (tertiary/aromatic N) is 2. The number of nitrogens with one attached hydrogen (secondary N) is 1. The Kier molecular flexibility index (Phi) is 5.92. The largest absolute Gasteiger partial charge is 0.356 e. The predicted molar refractivity (Wildman–Crippen MR) is 118 cm³/mol. The number of hydrogen-bond acceptors (Lipinski definition) is 3. The Morgan fingerprint density at radius 1 is 1.17 bits per heavy atom. The van der Waals surface area contributed by atoms with Gasteiger partial charge < -0.3 is 14.8 Å². The second kappa shape index (κ2) is 8.59. The molecule has 0 atom stereocenters. The monoisotopic (exact) mass is 429 g/mol. The molecule has 5 nitrogen and oxygen atoms in total.